The van der Waals surface area contributed by atoms with Crippen molar-refractivity contribution < 1.29 is 28.9 Å². The third-order valence-corrected chi connectivity index (χ3v) is 7.76. The van der Waals surface area contributed by atoms with Gasteiger partial charge in [0.25, 0.3) is 11.7 Å². The molecule has 1 aliphatic rings. The summed E-state index contributed by atoms with van der Waals surface area (Å²) >= 11 is 6.42. The van der Waals surface area contributed by atoms with Gasteiger partial charge in [-0.05, 0) is 78.6 Å². The molecule has 214 valence electrons. The lowest BCUT2D eigenvalue weighted by molar-refractivity contribution is -0.132. The average molecular weight is 584 g/mol. The van der Waals surface area contributed by atoms with Crippen LogP contribution in [0.3, 0.4) is 0 Å². The van der Waals surface area contributed by atoms with E-state index in [0.717, 1.165) is 11.1 Å². The van der Waals surface area contributed by atoms with Crippen LogP contribution in [-0.2, 0) is 16.2 Å². The average Bonchev–Trinajstić information content (AvgIpc) is 3.27. The normalized spacial score (nSPS) is 16.0. The van der Waals surface area contributed by atoms with Crippen molar-refractivity contribution in [1.82, 2.24) is 0 Å². The maximum absolute atomic E-state index is 13.6. The van der Waals surface area contributed by atoms with Crippen LogP contribution in [0.2, 0.25) is 5.02 Å². The highest BCUT2D eigenvalue weighted by Gasteiger charge is 2.47. The number of carbonyl (C=O) groups is 2. The van der Waals surface area contributed by atoms with Crippen molar-refractivity contribution in [2.45, 2.75) is 26.5 Å². The monoisotopic (exact) mass is 583 g/mol. The molecule has 4 aromatic rings. The Hall–Kier alpha value is -4.75. The summed E-state index contributed by atoms with van der Waals surface area (Å²) in [4.78, 5) is 28.7. The van der Waals surface area contributed by atoms with E-state index in [2.05, 4.69) is 0 Å². The largest absolute Gasteiger partial charge is 0.507 e. The molecule has 1 aliphatic heterocycles. The zero-order valence-corrected chi connectivity index (χ0v) is 24.4. The quantitative estimate of drug-likeness (QED) is 0.134. The Bertz CT molecular complexity index is 1700. The Labute approximate surface area is 249 Å². The van der Waals surface area contributed by atoms with Gasteiger partial charge in [0.15, 0.2) is 11.5 Å². The number of ether oxygens (including phenoxy) is 3. The van der Waals surface area contributed by atoms with E-state index in [0.29, 0.717) is 51.3 Å². The predicted octanol–water partition coefficient (Wildman–Crippen LogP) is 7.18. The van der Waals surface area contributed by atoms with Gasteiger partial charge in [0.1, 0.15) is 18.1 Å². The second kappa shape index (κ2) is 12.0. The van der Waals surface area contributed by atoms with Crippen LogP contribution in [0.5, 0.6) is 17.2 Å². The smallest absolute Gasteiger partial charge is 0.300 e. The van der Waals surface area contributed by atoms with Crippen molar-refractivity contribution in [2.75, 3.05) is 19.1 Å². The van der Waals surface area contributed by atoms with Crippen LogP contribution in [0, 0.1) is 13.8 Å². The predicted molar refractivity (Wildman–Crippen MR) is 162 cm³/mol. The minimum Gasteiger partial charge on any atom is -0.507 e. The van der Waals surface area contributed by atoms with Crippen LogP contribution >= 0.6 is 11.6 Å². The van der Waals surface area contributed by atoms with E-state index in [-0.39, 0.29) is 11.3 Å². The SMILES string of the molecule is COc1ccc(C2/C(=C(\O)c3ccc(OCc4ccccc4)c(C)c3)C(=O)C(=O)N2c2cccc(Cl)c2C)cc1OC. The number of hydrogen-bond donors (Lipinski definition) is 1. The number of halogens is 1. The summed E-state index contributed by atoms with van der Waals surface area (Å²) in [6, 6.07) is 24.3. The number of nitrogens with zero attached hydrogens (tertiary/aromatic N) is 1. The highest BCUT2D eigenvalue weighted by molar-refractivity contribution is 6.52. The number of Topliss-reactive ketones (excluding diaryl/α,β-unsaturated/α-hetero) is 1. The summed E-state index contributed by atoms with van der Waals surface area (Å²) in [6.07, 6.45) is 0. The van der Waals surface area contributed by atoms with Crippen LogP contribution in [0.4, 0.5) is 5.69 Å². The van der Waals surface area contributed by atoms with Gasteiger partial charge in [0.05, 0.1) is 25.8 Å². The number of aryl methyl sites for hydroxylation is 1. The Morgan fingerprint density at radius 3 is 2.26 bits per heavy atom. The van der Waals surface area contributed by atoms with E-state index >= 15 is 0 Å². The molecule has 0 aliphatic carbocycles. The zero-order chi connectivity index (χ0) is 30.0. The summed E-state index contributed by atoms with van der Waals surface area (Å²) in [7, 11) is 3.03. The van der Waals surface area contributed by atoms with Gasteiger partial charge in [0, 0.05) is 16.3 Å². The molecule has 1 heterocycles. The molecule has 0 saturated carbocycles. The summed E-state index contributed by atoms with van der Waals surface area (Å²) in [5.74, 6) is -0.345. The van der Waals surface area contributed by atoms with E-state index in [9.17, 15) is 14.7 Å². The molecule has 8 heteroatoms. The minimum absolute atomic E-state index is 0.0519. The first-order valence-corrected chi connectivity index (χ1v) is 13.7. The third kappa shape index (κ3) is 5.31. The van der Waals surface area contributed by atoms with Gasteiger partial charge < -0.3 is 19.3 Å². The Balaban J connectivity index is 1.62. The Morgan fingerprint density at radius 1 is 0.857 bits per heavy atom. The standard InChI is InChI=1S/C34H30ClNO6/c1-20-17-24(14-15-27(20)42-19-22-9-6-5-7-10-22)32(37)30-31(23-13-16-28(40-3)29(18-23)41-4)36(34(39)33(30)38)26-12-8-11-25(35)21(26)2/h5-18,31,37H,19H2,1-4H3/b32-30+. The molecular formula is C34H30ClNO6. The summed E-state index contributed by atoms with van der Waals surface area (Å²) in [6.45, 7) is 4.02. The maximum Gasteiger partial charge on any atom is 0.300 e. The maximum atomic E-state index is 13.6. The number of anilines is 1. The molecule has 0 radical (unpaired) electrons. The van der Waals surface area contributed by atoms with Crippen molar-refractivity contribution in [3.8, 4) is 17.2 Å². The van der Waals surface area contributed by atoms with Crippen LogP contribution in [0.25, 0.3) is 5.76 Å². The van der Waals surface area contributed by atoms with Gasteiger partial charge in [-0.1, -0.05) is 54.1 Å². The van der Waals surface area contributed by atoms with Gasteiger partial charge in [-0.15, -0.1) is 0 Å². The Kier molecular flexibility index (Phi) is 8.22. The number of rotatable bonds is 8. The lowest BCUT2D eigenvalue weighted by atomic mass is 9.94. The number of methoxy groups -OCH3 is 2. The number of carbonyl (C=O) groups excluding carboxylic acids is 2. The lowest BCUT2D eigenvalue weighted by Crippen LogP contribution is -2.30. The van der Waals surface area contributed by atoms with Crippen LogP contribution in [0.15, 0.2) is 90.5 Å². The molecule has 1 fully saturated rings. The number of amides is 1. The van der Waals surface area contributed by atoms with Gasteiger partial charge >= 0.3 is 0 Å². The summed E-state index contributed by atoms with van der Waals surface area (Å²) < 4.78 is 16.9. The van der Waals surface area contributed by atoms with Crippen LogP contribution < -0.4 is 19.1 Å². The molecule has 0 aromatic heterocycles. The number of aliphatic hydroxyl groups excluding tert-OH is 1. The highest BCUT2D eigenvalue weighted by atomic mass is 35.5. The molecular weight excluding hydrogens is 554 g/mol. The third-order valence-electron chi connectivity index (χ3n) is 7.35. The van der Waals surface area contributed by atoms with Gasteiger partial charge in [-0.3, -0.25) is 14.5 Å². The molecule has 1 unspecified atom stereocenters. The molecule has 5 rings (SSSR count). The molecule has 42 heavy (non-hydrogen) atoms. The minimum atomic E-state index is -0.962. The van der Waals surface area contributed by atoms with Crippen LogP contribution in [0.1, 0.15) is 33.9 Å². The fourth-order valence-corrected chi connectivity index (χ4v) is 5.30. The van der Waals surface area contributed by atoms with E-state index in [1.807, 2.05) is 37.3 Å². The van der Waals surface area contributed by atoms with Gasteiger partial charge in [-0.2, -0.15) is 0 Å². The molecule has 7 nitrogen and oxygen atoms in total. The highest BCUT2D eigenvalue weighted by Crippen LogP contribution is 2.45. The fourth-order valence-electron chi connectivity index (χ4n) is 5.13. The number of aliphatic hydroxyl groups is 1. The molecule has 1 saturated heterocycles. The number of hydrogen-bond acceptors (Lipinski definition) is 6. The molecule has 0 bridgehead atoms. The van der Waals surface area contributed by atoms with E-state index in [1.165, 1.54) is 19.1 Å². The van der Waals surface area contributed by atoms with Crippen molar-refractivity contribution in [2.24, 2.45) is 0 Å². The first-order valence-electron chi connectivity index (χ1n) is 13.3. The summed E-state index contributed by atoms with van der Waals surface area (Å²) in [5, 5.41) is 12.1. The zero-order valence-electron chi connectivity index (χ0n) is 23.7. The topological polar surface area (TPSA) is 85.3 Å². The number of ketones is 1. The van der Waals surface area contributed by atoms with E-state index < -0.39 is 17.7 Å². The van der Waals surface area contributed by atoms with E-state index in [1.54, 1.807) is 61.5 Å². The van der Waals surface area contributed by atoms with Crippen LogP contribution in [-0.4, -0.2) is 31.0 Å². The van der Waals surface area contributed by atoms with Crippen molar-refractivity contribution in [3.05, 3.63) is 123 Å². The summed E-state index contributed by atoms with van der Waals surface area (Å²) in [5.41, 5.74) is 3.75. The van der Waals surface area contributed by atoms with Gasteiger partial charge in [-0.25, -0.2) is 0 Å². The molecule has 1 N–H and O–H groups in total. The molecule has 0 spiro atoms. The van der Waals surface area contributed by atoms with E-state index in [4.69, 9.17) is 25.8 Å². The first kappa shape index (κ1) is 28.8. The van der Waals surface area contributed by atoms with Crippen molar-refractivity contribution in [3.63, 3.8) is 0 Å². The second-order valence-electron chi connectivity index (χ2n) is 9.92. The second-order valence-corrected chi connectivity index (χ2v) is 10.3. The lowest BCUT2D eigenvalue weighted by Gasteiger charge is -2.27. The molecule has 4 aromatic carbocycles. The van der Waals surface area contributed by atoms with Crippen molar-refractivity contribution >= 4 is 34.7 Å². The Morgan fingerprint density at radius 2 is 1.57 bits per heavy atom. The molecule has 1 atom stereocenters. The van der Waals surface area contributed by atoms with Crippen molar-refractivity contribution in [1.29, 1.82) is 0 Å². The fraction of sp³-hybridized carbons (Fsp3) is 0.176. The van der Waals surface area contributed by atoms with Gasteiger partial charge in [0.2, 0.25) is 0 Å². The first-order chi connectivity index (χ1) is 20.2. The number of benzene rings is 4. The molecule has 1 amide bonds.